The van der Waals surface area contributed by atoms with Gasteiger partial charge in [-0.2, -0.15) is 0 Å². The minimum absolute atomic E-state index is 0.128. The van der Waals surface area contributed by atoms with Gasteiger partial charge in [-0.05, 0) is 11.6 Å². The van der Waals surface area contributed by atoms with Crippen LogP contribution in [0.25, 0.3) is 0 Å². The SMILES string of the molecule is CC(CNC(=O)CCS(C)(=O)=O)c1ccc(F)cc1F. The van der Waals surface area contributed by atoms with Gasteiger partial charge in [0.05, 0.1) is 5.75 Å². The molecular formula is C13H17F2NO3S. The van der Waals surface area contributed by atoms with E-state index in [0.717, 1.165) is 18.4 Å². The standard InChI is InChI=1S/C13H17F2NO3S/c1-9(11-4-3-10(14)7-12(11)15)8-16-13(17)5-6-20(2,18)19/h3-4,7,9H,5-6,8H2,1-2H3,(H,16,17). The summed E-state index contributed by atoms with van der Waals surface area (Å²) in [6, 6.07) is 3.27. The number of amides is 1. The number of halogens is 2. The van der Waals surface area contributed by atoms with Gasteiger partial charge < -0.3 is 5.32 Å². The van der Waals surface area contributed by atoms with Crippen molar-refractivity contribution in [3.63, 3.8) is 0 Å². The maximum atomic E-state index is 13.5. The van der Waals surface area contributed by atoms with Crippen LogP contribution < -0.4 is 5.32 Å². The summed E-state index contributed by atoms with van der Waals surface area (Å²) in [7, 11) is -3.18. The number of nitrogens with one attached hydrogen (secondary N) is 1. The summed E-state index contributed by atoms with van der Waals surface area (Å²) in [5.74, 6) is -2.29. The normalized spacial score (nSPS) is 13.0. The highest BCUT2D eigenvalue weighted by Crippen LogP contribution is 2.19. The van der Waals surface area contributed by atoms with Gasteiger partial charge in [-0.3, -0.25) is 4.79 Å². The Bertz CT molecular complexity index is 587. The molecule has 1 atom stereocenters. The van der Waals surface area contributed by atoms with E-state index in [1.165, 1.54) is 6.07 Å². The summed E-state index contributed by atoms with van der Waals surface area (Å²) in [6.07, 6.45) is 0.925. The highest BCUT2D eigenvalue weighted by Gasteiger charge is 2.14. The van der Waals surface area contributed by atoms with Crippen molar-refractivity contribution >= 4 is 15.7 Å². The molecule has 0 saturated heterocycles. The predicted molar refractivity (Wildman–Crippen MR) is 72.1 cm³/mol. The third kappa shape index (κ3) is 5.64. The second kappa shape index (κ2) is 6.78. The minimum Gasteiger partial charge on any atom is -0.355 e. The zero-order chi connectivity index (χ0) is 15.3. The van der Waals surface area contributed by atoms with Gasteiger partial charge >= 0.3 is 0 Å². The molecule has 112 valence electrons. The number of rotatable bonds is 6. The van der Waals surface area contributed by atoms with Crippen molar-refractivity contribution < 1.29 is 22.0 Å². The van der Waals surface area contributed by atoms with Crippen LogP contribution in [0.15, 0.2) is 18.2 Å². The van der Waals surface area contributed by atoms with Crippen LogP contribution in [0.1, 0.15) is 24.8 Å². The van der Waals surface area contributed by atoms with Gasteiger partial charge in [0, 0.05) is 31.2 Å². The Balaban J connectivity index is 2.51. The number of sulfone groups is 1. The van der Waals surface area contributed by atoms with E-state index in [1.54, 1.807) is 6.92 Å². The highest BCUT2D eigenvalue weighted by atomic mass is 32.2. The van der Waals surface area contributed by atoms with Gasteiger partial charge in [0.25, 0.3) is 0 Å². The van der Waals surface area contributed by atoms with Crippen molar-refractivity contribution in [2.24, 2.45) is 0 Å². The van der Waals surface area contributed by atoms with Gasteiger partial charge in [-0.1, -0.05) is 13.0 Å². The molecule has 0 heterocycles. The quantitative estimate of drug-likeness (QED) is 0.868. The number of hydrogen-bond acceptors (Lipinski definition) is 3. The monoisotopic (exact) mass is 305 g/mol. The Labute approximate surface area is 117 Å². The number of benzene rings is 1. The van der Waals surface area contributed by atoms with Crippen molar-refractivity contribution in [1.29, 1.82) is 0 Å². The van der Waals surface area contributed by atoms with Crippen LogP contribution in [-0.4, -0.2) is 32.9 Å². The molecule has 0 aliphatic heterocycles. The van der Waals surface area contributed by atoms with Crippen LogP contribution in [0.3, 0.4) is 0 Å². The Morgan fingerprint density at radius 1 is 1.35 bits per heavy atom. The molecule has 0 spiro atoms. The van der Waals surface area contributed by atoms with Crippen LogP contribution in [0.4, 0.5) is 8.78 Å². The van der Waals surface area contributed by atoms with Crippen LogP contribution >= 0.6 is 0 Å². The van der Waals surface area contributed by atoms with Crippen LogP contribution in [-0.2, 0) is 14.6 Å². The van der Waals surface area contributed by atoms with E-state index in [2.05, 4.69) is 5.32 Å². The first-order chi connectivity index (χ1) is 9.19. The molecule has 1 amide bonds. The first-order valence-corrected chi connectivity index (χ1v) is 8.14. The zero-order valence-corrected chi connectivity index (χ0v) is 12.1. The topological polar surface area (TPSA) is 63.2 Å². The molecule has 0 radical (unpaired) electrons. The molecule has 0 saturated carbocycles. The van der Waals surface area contributed by atoms with Gasteiger partial charge in [0.15, 0.2) is 0 Å². The first-order valence-electron chi connectivity index (χ1n) is 6.08. The molecule has 1 aromatic carbocycles. The second-order valence-electron chi connectivity index (χ2n) is 4.75. The third-order valence-electron chi connectivity index (χ3n) is 2.80. The molecule has 1 rings (SSSR count). The fourth-order valence-electron chi connectivity index (χ4n) is 1.64. The molecule has 4 nitrogen and oxygen atoms in total. The Morgan fingerprint density at radius 3 is 2.55 bits per heavy atom. The van der Waals surface area contributed by atoms with Crippen molar-refractivity contribution in [2.45, 2.75) is 19.3 Å². The van der Waals surface area contributed by atoms with Crippen LogP contribution in [0, 0.1) is 11.6 Å². The molecule has 1 aromatic rings. The Hall–Kier alpha value is -1.50. The maximum absolute atomic E-state index is 13.5. The Kier molecular flexibility index (Phi) is 5.62. The van der Waals surface area contributed by atoms with Gasteiger partial charge in [0.1, 0.15) is 21.5 Å². The molecule has 1 unspecified atom stereocenters. The second-order valence-corrected chi connectivity index (χ2v) is 7.01. The molecule has 0 fully saturated rings. The van der Waals surface area contributed by atoms with E-state index < -0.39 is 27.4 Å². The van der Waals surface area contributed by atoms with E-state index in [-0.39, 0.29) is 24.6 Å². The van der Waals surface area contributed by atoms with Crippen LogP contribution in [0.2, 0.25) is 0 Å². The van der Waals surface area contributed by atoms with Crippen LogP contribution in [0.5, 0.6) is 0 Å². The molecule has 0 bridgehead atoms. The number of hydrogen-bond donors (Lipinski definition) is 1. The lowest BCUT2D eigenvalue weighted by molar-refractivity contribution is -0.120. The number of carbonyl (C=O) groups excluding carboxylic acids is 1. The lowest BCUT2D eigenvalue weighted by Gasteiger charge is -2.14. The van der Waals surface area contributed by atoms with Crippen molar-refractivity contribution in [3.8, 4) is 0 Å². The van der Waals surface area contributed by atoms with E-state index in [0.29, 0.717) is 5.56 Å². The molecule has 20 heavy (non-hydrogen) atoms. The molecule has 0 aromatic heterocycles. The smallest absolute Gasteiger partial charge is 0.221 e. The summed E-state index contributed by atoms with van der Waals surface area (Å²) in [5.41, 5.74) is 0.301. The third-order valence-corrected chi connectivity index (χ3v) is 3.74. The minimum atomic E-state index is -3.18. The molecular weight excluding hydrogens is 288 g/mol. The average molecular weight is 305 g/mol. The van der Waals surface area contributed by atoms with E-state index in [4.69, 9.17) is 0 Å². The molecule has 0 aliphatic rings. The van der Waals surface area contributed by atoms with Crippen molar-refractivity contribution in [3.05, 3.63) is 35.4 Å². The van der Waals surface area contributed by atoms with E-state index in [9.17, 15) is 22.0 Å². The van der Waals surface area contributed by atoms with Crippen molar-refractivity contribution in [2.75, 3.05) is 18.6 Å². The number of carbonyl (C=O) groups is 1. The fraction of sp³-hybridized carbons (Fsp3) is 0.462. The molecule has 7 heteroatoms. The summed E-state index contributed by atoms with van der Waals surface area (Å²) in [5, 5.41) is 2.53. The summed E-state index contributed by atoms with van der Waals surface area (Å²) in [4.78, 5) is 11.4. The predicted octanol–water partition coefficient (Wildman–Crippen LogP) is 1.62. The lowest BCUT2D eigenvalue weighted by Crippen LogP contribution is -2.29. The van der Waals surface area contributed by atoms with E-state index in [1.807, 2.05) is 0 Å². The summed E-state index contributed by atoms with van der Waals surface area (Å²) < 4.78 is 48.1. The highest BCUT2D eigenvalue weighted by molar-refractivity contribution is 7.90. The Morgan fingerprint density at radius 2 is 2.00 bits per heavy atom. The average Bonchev–Trinajstić information content (AvgIpc) is 2.32. The van der Waals surface area contributed by atoms with Gasteiger partial charge in [-0.25, -0.2) is 17.2 Å². The van der Waals surface area contributed by atoms with Crippen molar-refractivity contribution in [1.82, 2.24) is 5.32 Å². The molecule has 0 aliphatic carbocycles. The summed E-state index contributed by atoms with van der Waals surface area (Å²) in [6.45, 7) is 1.85. The molecule has 1 N–H and O–H groups in total. The summed E-state index contributed by atoms with van der Waals surface area (Å²) >= 11 is 0. The largest absolute Gasteiger partial charge is 0.355 e. The fourth-order valence-corrected chi connectivity index (χ4v) is 2.20. The maximum Gasteiger partial charge on any atom is 0.221 e. The first kappa shape index (κ1) is 16.6. The lowest BCUT2D eigenvalue weighted by atomic mass is 10.0. The van der Waals surface area contributed by atoms with Gasteiger partial charge in [-0.15, -0.1) is 0 Å². The van der Waals surface area contributed by atoms with Gasteiger partial charge in [0.2, 0.25) is 5.91 Å². The van der Waals surface area contributed by atoms with E-state index >= 15 is 0 Å². The zero-order valence-electron chi connectivity index (χ0n) is 11.3.